The fourth-order valence-corrected chi connectivity index (χ4v) is 1.84. The molecular formula is C10H14N2. The van der Waals surface area contributed by atoms with E-state index in [0.717, 1.165) is 13.0 Å². The molecule has 12 heavy (non-hydrogen) atoms. The minimum atomic E-state index is 1.12. The minimum absolute atomic E-state index is 1.12. The van der Waals surface area contributed by atoms with Gasteiger partial charge < -0.3 is 4.90 Å². The Balaban J connectivity index is 2.50. The molecule has 1 aromatic heterocycles. The van der Waals surface area contributed by atoms with Gasteiger partial charge in [-0.25, -0.2) is 4.98 Å². The SMILES string of the molecule is CCc1ccnc2c1CCN2C. The van der Waals surface area contributed by atoms with Crippen molar-refractivity contribution in [2.45, 2.75) is 19.8 Å². The Kier molecular flexibility index (Phi) is 1.75. The molecule has 0 aliphatic carbocycles. The summed E-state index contributed by atoms with van der Waals surface area (Å²) in [6.07, 6.45) is 4.21. The summed E-state index contributed by atoms with van der Waals surface area (Å²) in [5.41, 5.74) is 2.92. The van der Waals surface area contributed by atoms with Crippen molar-refractivity contribution in [3.05, 3.63) is 23.4 Å². The van der Waals surface area contributed by atoms with Crippen molar-refractivity contribution in [2.24, 2.45) is 0 Å². The standard InChI is InChI=1S/C10H14N2/c1-3-8-4-6-11-10-9(8)5-7-12(10)2/h4,6H,3,5,7H2,1-2H3. The predicted octanol–water partition coefficient (Wildman–Crippen LogP) is 1.64. The molecule has 1 aliphatic heterocycles. The number of likely N-dealkylation sites (N-methyl/N-ethyl adjacent to an activating group) is 1. The molecule has 0 unspecified atom stereocenters. The first-order chi connectivity index (χ1) is 5.83. The molecule has 0 radical (unpaired) electrons. The minimum Gasteiger partial charge on any atom is -0.359 e. The molecule has 0 aromatic carbocycles. The molecule has 2 heterocycles. The largest absolute Gasteiger partial charge is 0.359 e. The van der Waals surface area contributed by atoms with E-state index >= 15 is 0 Å². The first kappa shape index (κ1) is 7.59. The molecule has 1 aliphatic rings. The molecule has 0 amide bonds. The summed E-state index contributed by atoms with van der Waals surface area (Å²) in [5, 5.41) is 0. The molecule has 2 nitrogen and oxygen atoms in total. The van der Waals surface area contributed by atoms with E-state index in [1.807, 2.05) is 6.20 Å². The highest BCUT2D eigenvalue weighted by Gasteiger charge is 2.18. The van der Waals surface area contributed by atoms with Crippen molar-refractivity contribution >= 4 is 5.82 Å². The summed E-state index contributed by atoms with van der Waals surface area (Å²) in [6, 6.07) is 2.14. The van der Waals surface area contributed by atoms with Crippen LogP contribution in [0.15, 0.2) is 12.3 Å². The molecule has 0 saturated heterocycles. The Morgan fingerprint density at radius 1 is 1.58 bits per heavy atom. The Morgan fingerprint density at radius 2 is 2.42 bits per heavy atom. The van der Waals surface area contributed by atoms with Crippen molar-refractivity contribution < 1.29 is 0 Å². The average Bonchev–Trinajstić information content (AvgIpc) is 2.48. The highest BCUT2D eigenvalue weighted by Crippen LogP contribution is 2.26. The van der Waals surface area contributed by atoms with Crippen LogP contribution in [-0.4, -0.2) is 18.6 Å². The molecule has 0 fully saturated rings. The van der Waals surface area contributed by atoms with Crippen LogP contribution < -0.4 is 4.90 Å². The maximum absolute atomic E-state index is 4.37. The van der Waals surface area contributed by atoms with Gasteiger partial charge in [0, 0.05) is 19.8 Å². The van der Waals surface area contributed by atoms with E-state index in [0.29, 0.717) is 0 Å². The second kappa shape index (κ2) is 2.77. The van der Waals surface area contributed by atoms with Crippen LogP contribution >= 0.6 is 0 Å². The Morgan fingerprint density at radius 3 is 3.17 bits per heavy atom. The van der Waals surface area contributed by atoms with Gasteiger partial charge in [-0.3, -0.25) is 0 Å². The van der Waals surface area contributed by atoms with Crippen molar-refractivity contribution in [3.8, 4) is 0 Å². The summed E-state index contributed by atoms with van der Waals surface area (Å²) in [4.78, 5) is 6.61. The molecule has 0 atom stereocenters. The Hall–Kier alpha value is -1.05. The number of anilines is 1. The number of aromatic nitrogens is 1. The molecule has 2 rings (SSSR count). The van der Waals surface area contributed by atoms with Crippen molar-refractivity contribution in [1.82, 2.24) is 4.98 Å². The average molecular weight is 162 g/mol. The number of rotatable bonds is 1. The van der Waals surface area contributed by atoms with Crippen molar-refractivity contribution in [2.75, 3.05) is 18.5 Å². The van der Waals surface area contributed by atoms with Crippen LogP contribution in [0.3, 0.4) is 0 Å². The lowest BCUT2D eigenvalue weighted by Crippen LogP contribution is -2.13. The summed E-state index contributed by atoms with van der Waals surface area (Å²) in [5.74, 6) is 1.19. The number of pyridine rings is 1. The molecular weight excluding hydrogens is 148 g/mol. The first-order valence-corrected chi connectivity index (χ1v) is 4.51. The van der Waals surface area contributed by atoms with Gasteiger partial charge in [0.15, 0.2) is 0 Å². The van der Waals surface area contributed by atoms with E-state index in [1.54, 1.807) is 0 Å². The fourth-order valence-electron chi connectivity index (χ4n) is 1.84. The topological polar surface area (TPSA) is 16.1 Å². The number of hydrogen-bond acceptors (Lipinski definition) is 2. The number of nitrogens with zero attached hydrogens (tertiary/aromatic N) is 2. The van der Waals surface area contributed by atoms with Gasteiger partial charge in [-0.2, -0.15) is 0 Å². The van der Waals surface area contributed by atoms with E-state index in [4.69, 9.17) is 0 Å². The van der Waals surface area contributed by atoms with Gasteiger partial charge in [0.25, 0.3) is 0 Å². The lowest BCUT2D eigenvalue weighted by Gasteiger charge is -2.10. The summed E-state index contributed by atoms with van der Waals surface area (Å²) < 4.78 is 0. The van der Waals surface area contributed by atoms with Gasteiger partial charge in [0.1, 0.15) is 5.82 Å². The van der Waals surface area contributed by atoms with Crippen LogP contribution in [0, 0.1) is 0 Å². The van der Waals surface area contributed by atoms with E-state index in [-0.39, 0.29) is 0 Å². The molecule has 0 N–H and O–H groups in total. The van der Waals surface area contributed by atoms with E-state index < -0.39 is 0 Å². The highest BCUT2D eigenvalue weighted by atomic mass is 15.2. The zero-order chi connectivity index (χ0) is 8.55. The van der Waals surface area contributed by atoms with Gasteiger partial charge in [0.05, 0.1) is 0 Å². The molecule has 0 bridgehead atoms. The number of fused-ring (bicyclic) bond motifs is 1. The van der Waals surface area contributed by atoms with E-state index in [1.165, 1.54) is 23.4 Å². The number of hydrogen-bond donors (Lipinski definition) is 0. The van der Waals surface area contributed by atoms with Crippen molar-refractivity contribution in [3.63, 3.8) is 0 Å². The molecule has 2 heteroatoms. The summed E-state index contributed by atoms with van der Waals surface area (Å²) in [7, 11) is 2.11. The molecule has 64 valence electrons. The predicted molar refractivity (Wildman–Crippen MR) is 50.6 cm³/mol. The lowest BCUT2D eigenvalue weighted by molar-refractivity contribution is 0.942. The normalized spacial score (nSPS) is 15.0. The van der Waals surface area contributed by atoms with Crippen LogP contribution in [0.4, 0.5) is 5.82 Å². The number of aryl methyl sites for hydroxylation is 1. The third-order valence-electron chi connectivity index (χ3n) is 2.57. The van der Waals surface area contributed by atoms with Gasteiger partial charge >= 0.3 is 0 Å². The summed E-state index contributed by atoms with van der Waals surface area (Å²) >= 11 is 0. The second-order valence-corrected chi connectivity index (χ2v) is 3.30. The van der Waals surface area contributed by atoms with Gasteiger partial charge in [0.2, 0.25) is 0 Å². The van der Waals surface area contributed by atoms with Gasteiger partial charge in [-0.15, -0.1) is 0 Å². The van der Waals surface area contributed by atoms with Crippen LogP contribution in [0.25, 0.3) is 0 Å². The Labute approximate surface area is 73.2 Å². The maximum Gasteiger partial charge on any atom is 0.131 e. The first-order valence-electron chi connectivity index (χ1n) is 4.51. The molecule has 1 aromatic rings. The Bertz CT molecular complexity index is 294. The quantitative estimate of drug-likeness (QED) is 0.624. The van der Waals surface area contributed by atoms with Gasteiger partial charge in [-0.05, 0) is 30.0 Å². The third-order valence-corrected chi connectivity index (χ3v) is 2.57. The zero-order valence-electron chi connectivity index (χ0n) is 7.67. The monoisotopic (exact) mass is 162 g/mol. The summed E-state index contributed by atoms with van der Waals surface area (Å²) in [6.45, 7) is 3.33. The second-order valence-electron chi connectivity index (χ2n) is 3.30. The van der Waals surface area contributed by atoms with Crippen LogP contribution in [0.1, 0.15) is 18.1 Å². The zero-order valence-corrected chi connectivity index (χ0v) is 7.67. The van der Waals surface area contributed by atoms with Crippen molar-refractivity contribution in [1.29, 1.82) is 0 Å². The van der Waals surface area contributed by atoms with E-state index in [2.05, 4.69) is 29.9 Å². The van der Waals surface area contributed by atoms with Crippen LogP contribution in [0.2, 0.25) is 0 Å². The molecule has 0 saturated carbocycles. The van der Waals surface area contributed by atoms with Crippen LogP contribution in [-0.2, 0) is 12.8 Å². The highest BCUT2D eigenvalue weighted by molar-refractivity contribution is 5.54. The van der Waals surface area contributed by atoms with Crippen LogP contribution in [0.5, 0.6) is 0 Å². The van der Waals surface area contributed by atoms with Gasteiger partial charge in [-0.1, -0.05) is 6.92 Å². The lowest BCUT2D eigenvalue weighted by atomic mass is 10.1. The maximum atomic E-state index is 4.37. The van der Waals surface area contributed by atoms with E-state index in [9.17, 15) is 0 Å². The fraction of sp³-hybridized carbons (Fsp3) is 0.500. The third kappa shape index (κ3) is 0.986. The molecule has 0 spiro atoms. The smallest absolute Gasteiger partial charge is 0.131 e.